The van der Waals surface area contributed by atoms with E-state index in [1.807, 2.05) is 43.3 Å². The van der Waals surface area contributed by atoms with Crippen molar-refractivity contribution in [3.05, 3.63) is 60.0 Å². The lowest BCUT2D eigenvalue weighted by atomic mass is 10.2. The maximum Gasteiger partial charge on any atom is 0.295 e. The number of aryl methyl sites for hydroxylation is 1. The standard InChI is InChI=1S/C17H16N4O/c1-11-7-8-13(9-14(11)18)21(2)17(22)16-19-10-12-5-3-4-6-15(12)20-16/h3-10H,18H2,1-2H3. The largest absolute Gasteiger partial charge is 0.398 e. The molecule has 5 heteroatoms. The van der Waals surface area contributed by atoms with Gasteiger partial charge in [-0.05, 0) is 30.7 Å². The van der Waals surface area contributed by atoms with Crippen LogP contribution in [0.15, 0.2) is 48.7 Å². The molecule has 5 nitrogen and oxygen atoms in total. The Morgan fingerprint density at radius 2 is 1.95 bits per heavy atom. The first kappa shape index (κ1) is 14.0. The van der Waals surface area contributed by atoms with Crippen LogP contribution in [0.2, 0.25) is 0 Å². The van der Waals surface area contributed by atoms with E-state index in [1.165, 1.54) is 4.90 Å². The average Bonchev–Trinajstić information content (AvgIpc) is 2.55. The van der Waals surface area contributed by atoms with Gasteiger partial charge in [0.05, 0.1) is 5.52 Å². The molecular formula is C17H16N4O. The van der Waals surface area contributed by atoms with Gasteiger partial charge in [-0.1, -0.05) is 24.3 Å². The second-order valence-electron chi connectivity index (χ2n) is 5.16. The van der Waals surface area contributed by atoms with Gasteiger partial charge in [0.25, 0.3) is 5.91 Å². The molecule has 1 amide bonds. The number of nitrogen functional groups attached to an aromatic ring is 1. The van der Waals surface area contributed by atoms with Crippen molar-refractivity contribution in [2.24, 2.45) is 0 Å². The second kappa shape index (κ2) is 5.44. The van der Waals surface area contributed by atoms with Gasteiger partial charge in [-0.15, -0.1) is 0 Å². The predicted octanol–water partition coefficient (Wildman–Crippen LogP) is 2.80. The molecular weight excluding hydrogens is 276 g/mol. The molecule has 0 radical (unpaired) electrons. The van der Waals surface area contributed by atoms with Crippen molar-refractivity contribution in [1.29, 1.82) is 0 Å². The molecule has 0 fully saturated rings. The number of hydrogen-bond acceptors (Lipinski definition) is 4. The van der Waals surface area contributed by atoms with Crippen LogP contribution in [-0.2, 0) is 0 Å². The Morgan fingerprint density at radius 1 is 1.18 bits per heavy atom. The van der Waals surface area contributed by atoms with Crippen LogP contribution in [0.5, 0.6) is 0 Å². The van der Waals surface area contributed by atoms with E-state index < -0.39 is 0 Å². The summed E-state index contributed by atoms with van der Waals surface area (Å²) in [5, 5.41) is 0.904. The number of carbonyl (C=O) groups excluding carboxylic acids is 1. The lowest BCUT2D eigenvalue weighted by molar-refractivity contribution is 0.0983. The van der Waals surface area contributed by atoms with E-state index in [1.54, 1.807) is 19.3 Å². The van der Waals surface area contributed by atoms with Gasteiger partial charge in [0.1, 0.15) is 0 Å². The molecule has 0 aliphatic carbocycles. The SMILES string of the molecule is Cc1ccc(N(C)C(=O)c2ncc3ccccc3n2)cc1N. The highest BCUT2D eigenvalue weighted by Gasteiger charge is 2.17. The van der Waals surface area contributed by atoms with Gasteiger partial charge in [-0.2, -0.15) is 0 Å². The number of aromatic nitrogens is 2. The van der Waals surface area contributed by atoms with E-state index in [0.29, 0.717) is 11.4 Å². The molecule has 0 aliphatic heterocycles. The van der Waals surface area contributed by atoms with Crippen molar-refractivity contribution in [1.82, 2.24) is 9.97 Å². The third-order valence-corrected chi connectivity index (χ3v) is 3.64. The molecule has 1 heterocycles. The van der Waals surface area contributed by atoms with Crippen LogP contribution < -0.4 is 10.6 Å². The van der Waals surface area contributed by atoms with Crippen LogP contribution in [0.25, 0.3) is 10.9 Å². The van der Waals surface area contributed by atoms with Crippen molar-refractivity contribution in [3.8, 4) is 0 Å². The van der Waals surface area contributed by atoms with Crippen LogP contribution in [0.3, 0.4) is 0 Å². The summed E-state index contributed by atoms with van der Waals surface area (Å²) >= 11 is 0. The van der Waals surface area contributed by atoms with Crippen molar-refractivity contribution in [2.45, 2.75) is 6.92 Å². The molecule has 0 atom stereocenters. The molecule has 3 rings (SSSR count). The molecule has 2 N–H and O–H groups in total. The number of carbonyl (C=O) groups is 1. The summed E-state index contributed by atoms with van der Waals surface area (Å²) in [6, 6.07) is 13.1. The molecule has 0 spiro atoms. The maximum atomic E-state index is 12.5. The molecule has 0 bridgehead atoms. The average molecular weight is 292 g/mol. The Hall–Kier alpha value is -2.95. The van der Waals surface area contributed by atoms with E-state index in [4.69, 9.17) is 5.73 Å². The molecule has 1 aromatic heterocycles. The van der Waals surface area contributed by atoms with Gasteiger partial charge < -0.3 is 10.6 Å². The zero-order valence-electron chi connectivity index (χ0n) is 12.4. The highest BCUT2D eigenvalue weighted by Crippen LogP contribution is 2.21. The number of amides is 1. The minimum absolute atomic E-state index is 0.167. The van der Waals surface area contributed by atoms with Gasteiger partial charge in [0.15, 0.2) is 0 Å². The molecule has 3 aromatic rings. The first-order chi connectivity index (χ1) is 10.6. The zero-order valence-corrected chi connectivity index (χ0v) is 12.4. The zero-order chi connectivity index (χ0) is 15.7. The monoisotopic (exact) mass is 292 g/mol. The number of nitrogens with two attached hydrogens (primary N) is 1. The summed E-state index contributed by atoms with van der Waals surface area (Å²) < 4.78 is 0. The fraction of sp³-hybridized carbons (Fsp3) is 0.118. The highest BCUT2D eigenvalue weighted by molar-refractivity contribution is 6.04. The smallest absolute Gasteiger partial charge is 0.295 e. The van der Waals surface area contributed by atoms with Crippen LogP contribution in [0.4, 0.5) is 11.4 Å². The molecule has 0 unspecified atom stereocenters. The van der Waals surface area contributed by atoms with Gasteiger partial charge in [-0.3, -0.25) is 4.79 Å². The van der Waals surface area contributed by atoms with Gasteiger partial charge >= 0.3 is 0 Å². The number of hydrogen-bond donors (Lipinski definition) is 1. The van der Waals surface area contributed by atoms with E-state index in [0.717, 1.165) is 16.5 Å². The summed E-state index contributed by atoms with van der Waals surface area (Å²) in [5.41, 5.74) is 8.99. The number of rotatable bonds is 2. The quantitative estimate of drug-likeness (QED) is 0.737. The third kappa shape index (κ3) is 2.48. The van der Waals surface area contributed by atoms with Crippen LogP contribution >= 0.6 is 0 Å². The summed E-state index contributed by atoms with van der Waals surface area (Å²) in [7, 11) is 1.69. The Morgan fingerprint density at radius 3 is 2.73 bits per heavy atom. The molecule has 22 heavy (non-hydrogen) atoms. The van der Waals surface area contributed by atoms with Crippen molar-refractivity contribution < 1.29 is 4.79 Å². The first-order valence-corrected chi connectivity index (χ1v) is 6.92. The normalized spacial score (nSPS) is 10.6. The maximum absolute atomic E-state index is 12.5. The third-order valence-electron chi connectivity index (χ3n) is 3.64. The van der Waals surface area contributed by atoms with Gasteiger partial charge in [-0.25, -0.2) is 9.97 Å². The molecule has 0 aliphatic rings. The molecule has 2 aromatic carbocycles. The predicted molar refractivity (Wildman–Crippen MR) is 87.9 cm³/mol. The summed E-state index contributed by atoms with van der Waals surface area (Å²) in [6.07, 6.45) is 1.66. The van der Waals surface area contributed by atoms with Crippen molar-refractivity contribution in [3.63, 3.8) is 0 Å². The Labute approximate surface area is 128 Å². The van der Waals surface area contributed by atoms with E-state index in [-0.39, 0.29) is 11.7 Å². The van der Waals surface area contributed by atoms with E-state index in [9.17, 15) is 4.79 Å². The summed E-state index contributed by atoms with van der Waals surface area (Å²) in [6.45, 7) is 1.92. The Bertz CT molecular complexity index is 860. The molecule has 0 saturated heterocycles. The molecule has 110 valence electrons. The topological polar surface area (TPSA) is 72.1 Å². The van der Waals surface area contributed by atoms with Crippen molar-refractivity contribution >= 4 is 28.2 Å². The summed E-state index contributed by atoms with van der Waals surface area (Å²) in [5.74, 6) is -0.102. The number of anilines is 2. The Balaban J connectivity index is 1.95. The second-order valence-corrected chi connectivity index (χ2v) is 5.16. The Kier molecular flexibility index (Phi) is 3.47. The van der Waals surface area contributed by atoms with Gasteiger partial charge in [0, 0.05) is 30.0 Å². The fourth-order valence-corrected chi connectivity index (χ4v) is 2.18. The summed E-state index contributed by atoms with van der Waals surface area (Å²) in [4.78, 5) is 22.5. The lowest BCUT2D eigenvalue weighted by Crippen LogP contribution is -2.28. The lowest BCUT2D eigenvalue weighted by Gasteiger charge is -2.17. The minimum Gasteiger partial charge on any atom is -0.398 e. The molecule has 0 saturated carbocycles. The van der Waals surface area contributed by atoms with E-state index >= 15 is 0 Å². The van der Waals surface area contributed by atoms with Gasteiger partial charge in [0.2, 0.25) is 5.82 Å². The highest BCUT2D eigenvalue weighted by atomic mass is 16.2. The minimum atomic E-state index is -0.269. The fourth-order valence-electron chi connectivity index (χ4n) is 2.18. The number of nitrogens with zero attached hydrogens (tertiary/aromatic N) is 3. The number of para-hydroxylation sites is 1. The van der Waals surface area contributed by atoms with Crippen molar-refractivity contribution in [2.75, 3.05) is 17.7 Å². The first-order valence-electron chi connectivity index (χ1n) is 6.92. The van der Waals surface area contributed by atoms with E-state index in [2.05, 4.69) is 9.97 Å². The number of benzene rings is 2. The number of fused-ring (bicyclic) bond motifs is 1. The van der Waals surface area contributed by atoms with Crippen LogP contribution in [0, 0.1) is 6.92 Å². The van der Waals surface area contributed by atoms with Crippen LogP contribution in [-0.4, -0.2) is 22.9 Å². The van der Waals surface area contributed by atoms with Crippen LogP contribution in [0.1, 0.15) is 16.2 Å².